The minimum atomic E-state index is -0.429. The molecule has 0 fully saturated rings. The summed E-state index contributed by atoms with van der Waals surface area (Å²) in [4.78, 5) is 21.1. The van der Waals surface area contributed by atoms with E-state index in [4.69, 9.17) is 22.1 Å². The Kier molecular flexibility index (Phi) is 7.99. The molecule has 2 N–H and O–H groups in total. The summed E-state index contributed by atoms with van der Waals surface area (Å²) < 4.78 is 2.20. The lowest BCUT2D eigenvalue weighted by molar-refractivity contribution is -0.110. The summed E-state index contributed by atoms with van der Waals surface area (Å²) in [7, 11) is 0. The van der Waals surface area contributed by atoms with E-state index in [-0.39, 0.29) is 0 Å². The highest BCUT2D eigenvalue weighted by Gasteiger charge is 2.11. The number of nitriles is 2. The van der Waals surface area contributed by atoms with Crippen LogP contribution in [0, 0.1) is 22.7 Å². The van der Waals surface area contributed by atoms with E-state index in [1.807, 2.05) is 29.8 Å². The summed E-state index contributed by atoms with van der Waals surface area (Å²) in [6.07, 6.45) is 3.47. The van der Waals surface area contributed by atoms with Crippen molar-refractivity contribution in [3.8, 4) is 12.1 Å². The zero-order chi connectivity index (χ0) is 22.1. The van der Waals surface area contributed by atoms with Gasteiger partial charge in [-0.1, -0.05) is 18.5 Å². The maximum absolute atomic E-state index is 11.2. The van der Waals surface area contributed by atoms with Gasteiger partial charge in [0.05, 0.1) is 22.2 Å². The zero-order valence-corrected chi connectivity index (χ0v) is 17.3. The summed E-state index contributed by atoms with van der Waals surface area (Å²) in [6, 6.07) is 16.2. The van der Waals surface area contributed by atoms with Gasteiger partial charge in [-0.25, -0.2) is 0 Å². The molecular weight excluding hydrogens is 402 g/mol. The standard InChI is InChI=1S/C13H13ClN2.C9H7N3O2/c1-3-9(2)16-7-6-11-12(16)5-4-10(8-15)13(11)14;10-5-7-1-3-8(4-2-7)9(14)12-11-6-13/h4-7,9H,3H2,1-2H3;1-4,6H,(H,11,13)(H,12,14). The number of hydrazine groups is 1. The van der Waals surface area contributed by atoms with Crippen molar-refractivity contribution < 1.29 is 9.59 Å². The second-order valence-electron chi connectivity index (χ2n) is 6.36. The van der Waals surface area contributed by atoms with Gasteiger partial charge in [-0.15, -0.1) is 0 Å². The number of amides is 2. The van der Waals surface area contributed by atoms with Gasteiger partial charge in [-0.05, 0) is 55.8 Å². The van der Waals surface area contributed by atoms with Gasteiger partial charge in [-0.2, -0.15) is 10.5 Å². The molecule has 1 atom stereocenters. The van der Waals surface area contributed by atoms with E-state index < -0.39 is 5.91 Å². The molecule has 0 aliphatic heterocycles. The second-order valence-corrected chi connectivity index (χ2v) is 6.74. The van der Waals surface area contributed by atoms with Crippen molar-refractivity contribution in [2.45, 2.75) is 26.3 Å². The summed E-state index contributed by atoms with van der Waals surface area (Å²) in [5.41, 5.74) is 6.66. The Morgan fingerprint density at radius 2 is 1.87 bits per heavy atom. The molecule has 0 saturated carbocycles. The molecule has 1 aromatic heterocycles. The maximum atomic E-state index is 11.2. The Morgan fingerprint density at radius 1 is 1.17 bits per heavy atom. The van der Waals surface area contributed by atoms with E-state index >= 15 is 0 Å². The average molecular weight is 422 g/mol. The highest BCUT2D eigenvalue weighted by atomic mass is 35.5. The number of benzene rings is 2. The van der Waals surface area contributed by atoms with Crippen LogP contribution >= 0.6 is 11.6 Å². The van der Waals surface area contributed by atoms with Gasteiger partial charge in [0.2, 0.25) is 6.41 Å². The number of hydrogen-bond donors (Lipinski definition) is 2. The van der Waals surface area contributed by atoms with Crippen LogP contribution in [-0.4, -0.2) is 16.9 Å². The van der Waals surface area contributed by atoms with Crippen LogP contribution in [0.15, 0.2) is 48.7 Å². The molecule has 1 unspecified atom stereocenters. The fourth-order valence-corrected chi connectivity index (χ4v) is 3.00. The minimum absolute atomic E-state index is 0.363. The predicted molar refractivity (Wildman–Crippen MR) is 114 cm³/mol. The lowest BCUT2D eigenvalue weighted by Gasteiger charge is -2.12. The monoisotopic (exact) mass is 421 g/mol. The molecule has 30 heavy (non-hydrogen) atoms. The Bertz CT molecular complexity index is 1120. The van der Waals surface area contributed by atoms with Crippen LogP contribution in [0.3, 0.4) is 0 Å². The normalized spacial score (nSPS) is 10.7. The average Bonchev–Trinajstić information content (AvgIpc) is 3.22. The van der Waals surface area contributed by atoms with Gasteiger partial charge in [0.1, 0.15) is 6.07 Å². The molecule has 3 aromatic rings. The molecule has 8 heteroatoms. The maximum Gasteiger partial charge on any atom is 0.269 e. The second kappa shape index (κ2) is 10.7. The third-order valence-corrected chi connectivity index (χ3v) is 4.95. The van der Waals surface area contributed by atoms with Crippen LogP contribution in [-0.2, 0) is 4.79 Å². The lowest BCUT2D eigenvalue weighted by atomic mass is 10.1. The molecule has 0 bridgehead atoms. The largest absolute Gasteiger partial charge is 0.345 e. The first-order chi connectivity index (χ1) is 14.5. The molecule has 0 aliphatic rings. The highest BCUT2D eigenvalue weighted by Crippen LogP contribution is 2.30. The summed E-state index contributed by atoms with van der Waals surface area (Å²) >= 11 is 6.17. The summed E-state index contributed by atoms with van der Waals surface area (Å²) in [5, 5.41) is 18.9. The molecule has 0 spiro atoms. The van der Waals surface area contributed by atoms with Crippen LogP contribution < -0.4 is 10.9 Å². The fourth-order valence-electron chi connectivity index (χ4n) is 2.73. The van der Waals surface area contributed by atoms with Crippen molar-refractivity contribution in [3.05, 3.63) is 70.4 Å². The van der Waals surface area contributed by atoms with Gasteiger partial charge in [0, 0.05) is 28.7 Å². The number of rotatable bonds is 5. The first kappa shape index (κ1) is 22.5. The van der Waals surface area contributed by atoms with E-state index in [1.165, 1.54) is 24.3 Å². The molecule has 0 radical (unpaired) electrons. The van der Waals surface area contributed by atoms with E-state index in [1.54, 1.807) is 6.07 Å². The third kappa shape index (κ3) is 5.16. The number of hydrogen-bond acceptors (Lipinski definition) is 4. The molecule has 152 valence electrons. The Labute approximate surface area is 179 Å². The highest BCUT2D eigenvalue weighted by molar-refractivity contribution is 6.36. The Hall–Kier alpha value is -3.81. The van der Waals surface area contributed by atoms with Crippen molar-refractivity contribution in [3.63, 3.8) is 0 Å². The van der Waals surface area contributed by atoms with Gasteiger partial charge < -0.3 is 4.57 Å². The van der Waals surface area contributed by atoms with Gasteiger partial charge in [-0.3, -0.25) is 20.4 Å². The molecule has 0 saturated heterocycles. The molecule has 1 heterocycles. The number of nitrogens with one attached hydrogen (secondary N) is 2. The fraction of sp³-hybridized carbons (Fsp3) is 0.182. The van der Waals surface area contributed by atoms with Crippen LogP contribution in [0.4, 0.5) is 0 Å². The zero-order valence-electron chi connectivity index (χ0n) is 16.5. The van der Waals surface area contributed by atoms with E-state index in [9.17, 15) is 9.59 Å². The van der Waals surface area contributed by atoms with Crippen molar-refractivity contribution in [1.82, 2.24) is 15.4 Å². The number of aromatic nitrogens is 1. The van der Waals surface area contributed by atoms with E-state index in [0.29, 0.717) is 34.2 Å². The third-order valence-electron chi connectivity index (χ3n) is 4.54. The quantitative estimate of drug-likeness (QED) is 0.477. The van der Waals surface area contributed by atoms with Crippen molar-refractivity contribution in [2.24, 2.45) is 0 Å². The number of fused-ring (bicyclic) bond motifs is 1. The lowest BCUT2D eigenvalue weighted by Crippen LogP contribution is -2.36. The van der Waals surface area contributed by atoms with Crippen LogP contribution in [0.2, 0.25) is 5.02 Å². The molecule has 0 aliphatic carbocycles. The predicted octanol–water partition coefficient (Wildman–Crippen LogP) is 4.09. The smallest absolute Gasteiger partial charge is 0.269 e. The first-order valence-electron chi connectivity index (χ1n) is 9.15. The first-order valence-corrected chi connectivity index (χ1v) is 9.53. The Morgan fingerprint density at radius 3 is 2.43 bits per heavy atom. The summed E-state index contributed by atoms with van der Waals surface area (Å²) in [5.74, 6) is -0.429. The Balaban J connectivity index is 0.000000216. The van der Waals surface area contributed by atoms with Crippen molar-refractivity contribution in [2.75, 3.05) is 0 Å². The number of halogens is 1. The van der Waals surface area contributed by atoms with E-state index in [2.05, 4.69) is 29.9 Å². The number of carbonyl (C=O) groups is 2. The molecule has 3 rings (SSSR count). The van der Waals surface area contributed by atoms with Gasteiger partial charge >= 0.3 is 0 Å². The molecule has 7 nitrogen and oxygen atoms in total. The molecule has 2 aromatic carbocycles. The van der Waals surface area contributed by atoms with Crippen molar-refractivity contribution in [1.29, 1.82) is 10.5 Å². The van der Waals surface area contributed by atoms with Crippen LogP contribution in [0.5, 0.6) is 0 Å². The number of nitrogens with zero attached hydrogens (tertiary/aromatic N) is 3. The topological polar surface area (TPSA) is 111 Å². The SMILES string of the molecule is CCC(C)n1ccc2c(Cl)c(C#N)ccc21.N#Cc1ccc(C(=O)NNC=O)cc1. The summed E-state index contributed by atoms with van der Waals surface area (Å²) in [6.45, 7) is 4.33. The minimum Gasteiger partial charge on any atom is -0.345 e. The van der Waals surface area contributed by atoms with Crippen LogP contribution in [0.1, 0.15) is 47.8 Å². The van der Waals surface area contributed by atoms with Gasteiger partial charge in [0.15, 0.2) is 0 Å². The number of carbonyl (C=O) groups excluding carboxylic acids is 2. The van der Waals surface area contributed by atoms with Gasteiger partial charge in [0.25, 0.3) is 5.91 Å². The van der Waals surface area contributed by atoms with Crippen molar-refractivity contribution >= 4 is 34.8 Å². The van der Waals surface area contributed by atoms with Crippen LogP contribution in [0.25, 0.3) is 10.9 Å². The van der Waals surface area contributed by atoms with E-state index in [0.717, 1.165) is 17.3 Å². The molecular formula is C22H20ClN5O2. The molecule has 2 amide bonds.